The second kappa shape index (κ2) is 8.03. The molecule has 1 unspecified atom stereocenters. The zero-order chi connectivity index (χ0) is 16.8. The summed E-state index contributed by atoms with van der Waals surface area (Å²) in [6.07, 6.45) is 4.62. The number of anilines is 1. The third-order valence-electron chi connectivity index (χ3n) is 3.76. The summed E-state index contributed by atoms with van der Waals surface area (Å²) in [5.74, 6) is 1.81. The van der Waals surface area contributed by atoms with E-state index in [-0.39, 0.29) is 0 Å². The average Bonchev–Trinajstić information content (AvgIpc) is 3.07. The molecular formula is C16H27N7. The van der Waals surface area contributed by atoms with Gasteiger partial charge in [-0.3, -0.25) is 0 Å². The average molecular weight is 317 g/mol. The molecule has 0 saturated carbocycles. The van der Waals surface area contributed by atoms with Crippen molar-refractivity contribution in [3.8, 4) is 5.95 Å². The Morgan fingerprint density at radius 1 is 1.17 bits per heavy atom. The number of hydrogen-bond acceptors (Lipinski definition) is 6. The van der Waals surface area contributed by atoms with Crippen molar-refractivity contribution < 1.29 is 0 Å². The number of hydrogen-bond donors (Lipinski definition) is 2. The summed E-state index contributed by atoms with van der Waals surface area (Å²) in [4.78, 5) is 9.43. The molecular weight excluding hydrogens is 290 g/mol. The molecule has 23 heavy (non-hydrogen) atoms. The second-order valence-electron chi connectivity index (χ2n) is 5.46. The Bertz CT molecular complexity index is 603. The molecule has 0 bridgehead atoms. The number of nitrogens with zero attached hydrogens (tertiary/aromatic N) is 5. The lowest BCUT2D eigenvalue weighted by molar-refractivity contribution is 0.533. The van der Waals surface area contributed by atoms with Crippen molar-refractivity contribution in [3.05, 3.63) is 29.7 Å². The lowest BCUT2D eigenvalue weighted by atomic mass is 9.97. The first-order valence-corrected chi connectivity index (χ1v) is 8.27. The van der Waals surface area contributed by atoms with Crippen molar-refractivity contribution in [1.29, 1.82) is 0 Å². The Balaban J connectivity index is 2.57. The normalized spacial score (nSPS) is 12.4. The van der Waals surface area contributed by atoms with E-state index in [0.717, 1.165) is 36.6 Å². The zero-order valence-corrected chi connectivity index (χ0v) is 14.7. The van der Waals surface area contributed by atoms with Crippen molar-refractivity contribution in [2.45, 2.75) is 47.0 Å². The minimum absolute atomic E-state index is 0.372. The molecule has 126 valence electrons. The first kappa shape index (κ1) is 17.4. The van der Waals surface area contributed by atoms with E-state index in [9.17, 15) is 0 Å². The van der Waals surface area contributed by atoms with Gasteiger partial charge < -0.3 is 0 Å². The van der Waals surface area contributed by atoms with Gasteiger partial charge in [-0.15, -0.1) is 0 Å². The molecule has 0 aromatic carbocycles. The van der Waals surface area contributed by atoms with Gasteiger partial charge in [0.1, 0.15) is 0 Å². The van der Waals surface area contributed by atoms with E-state index in [1.807, 2.05) is 24.3 Å². The Morgan fingerprint density at radius 2 is 1.87 bits per heavy atom. The molecule has 2 aromatic rings. The molecule has 0 aliphatic rings. The predicted molar refractivity (Wildman–Crippen MR) is 92.4 cm³/mol. The highest BCUT2D eigenvalue weighted by Gasteiger charge is 2.21. The number of rotatable bonds is 8. The van der Waals surface area contributed by atoms with Gasteiger partial charge in [-0.05, 0) is 25.3 Å². The Morgan fingerprint density at radius 3 is 2.39 bits per heavy atom. The summed E-state index contributed by atoms with van der Waals surface area (Å²) in [7, 11) is 0. The summed E-state index contributed by atoms with van der Waals surface area (Å²) in [5.41, 5.74) is 8.78. The first-order valence-electron chi connectivity index (χ1n) is 8.27. The fourth-order valence-electron chi connectivity index (χ4n) is 2.52. The summed E-state index contributed by atoms with van der Waals surface area (Å²) in [5, 5.41) is 6.15. The molecule has 2 aromatic heterocycles. The monoisotopic (exact) mass is 317 g/mol. The second-order valence-corrected chi connectivity index (χ2v) is 5.46. The molecule has 0 amide bonds. The highest BCUT2D eigenvalue weighted by Crippen LogP contribution is 2.29. The van der Waals surface area contributed by atoms with Crippen LogP contribution >= 0.6 is 0 Å². The number of aryl methyl sites for hydroxylation is 1. The van der Waals surface area contributed by atoms with Crippen LogP contribution in [0.1, 0.15) is 51.3 Å². The van der Waals surface area contributed by atoms with Crippen LogP contribution < -0.4 is 16.0 Å². The Hall–Kier alpha value is -1.99. The molecule has 7 heteroatoms. The van der Waals surface area contributed by atoms with Crippen LogP contribution in [0.25, 0.3) is 5.95 Å². The van der Waals surface area contributed by atoms with Gasteiger partial charge in [0.05, 0.1) is 0 Å². The predicted octanol–water partition coefficient (Wildman–Crippen LogP) is 2.34. The van der Waals surface area contributed by atoms with Gasteiger partial charge in [-0.2, -0.15) is 10.1 Å². The van der Waals surface area contributed by atoms with Gasteiger partial charge >= 0.3 is 0 Å². The third-order valence-corrected chi connectivity index (χ3v) is 3.76. The van der Waals surface area contributed by atoms with Crippen molar-refractivity contribution in [1.82, 2.24) is 30.6 Å². The molecule has 2 heterocycles. The van der Waals surface area contributed by atoms with Gasteiger partial charge in [0, 0.05) is 36.7 Å². The van der Waals surface area contributed by atoms with E-state index in [1.54, 1.807) is 10.9 Å². The zero-order valence-electron chi connectivity index (χ0n) is 14.7. The molecule has 7 nitrogen and oxygen atoms in total. The highest BCUT2D eigenvalue weighted by molar-refractivity contribution is 5.51. The quantitative estimate of drug-likeness (QED) is 0.728. The maximum absolute atomic E-state index is 4.77. The molecule has 0 spiro atoms. The van der Waals surface area contributed by atoms with Crippen molar-refractivity contribution >= 4 is 5.82 Å². The Labute approximate surface area is 138 Å². The first-order chi connectivity index (χ1) is 11.1. The molecule has 2 N–H and O–H groups in total. The Kier molecular flexibility index (Phi) is 6.06. The molecule has 2 rings (SSSR count). The van der Waals surface area contributed by atoms with E-state index < -0.39 is 0 Å². The minimum Gasteiger partial charge on any atom is -0.222 e. The van der Waals surface area contributed by atoms with E-state index >= 15 is 0 Å². The van der Waals surface area contributed by atoms with Crippen molar-refractivity contribution in [2.24, 2.45) is 0 Å². The maximum atomic E-state index is 4.77. The third kappa shape index (κ3) is 3.86. The fraction of sp³-hybridized carbons (Fsp3) is 0.562. The number of aromatic nitrogens is 4. The van der Waals surface area contributed by atoms with Crippen molar-refractivity contribution in [3.63, 3.8) is 0 Å². The molecule has 1 atom stereocenters. The minimum atomic E-state index is 0.372. The van der Waals surface area contributed by atoms with Crippen LogP contribution in [0.15, 0.2) is 18.5 Å². The van der Waals surface area contributed by atoms with Crippen LogP contribution in [-0.2, 0) is 0 Å². The molecule has 0 aliphatic carbocycles. The molecule has 0 fully saturated rings. The van der Waals surface area contributed by atoms with Crippen molar-refractivity contribution in [2.75, 3.05) is 18.2 Å². The molecule has 0 radical (unpaired) electrons. The highest BCUT2D eigenvalue weighted by atomic mass is 15.7. The maximum Gasteiger partial charge on any atom is 0.252 e. The smallest absolute Gasteiger partial charge is 0.222 e. The van der Waals surface area contributed by atoms with Gasteiger partial charge in [0.2, 0.25) is 0 Å². The van der Waals surface area contributed by atoms with E-state index in [2.05, 4.69) is 48.6 Å². The SMILES string of the molecule is CCNN(NCC)c1nc(-n2cccn2)nc(C)c1C(C)CC. The topological polar surface area (TPSA) is 70.9 Å². The van der Waals surface area contributed by atoms with Gasteiger partial charge in [0.25, 0.3) is 5.95 Å². The molecule has 0 saturated heterocycles. The van der Waals surface area contributed by atoms with Crippen LogP contribution in [0, 0.1) is 6.92 Å². The summed E-state index contributed by atoms with van der Waals surface area (Å²) in [6, 6.07) is 1.87. The van der Waals surface area contributed by atoms with Crippen LogP contribution in [-0.4, -0.2) is 32.8 Å². The van der Waals surface area contributed by atoms with Gasteiger partial charge in [0.15, 0.2) is 5.82 Å². The van der Waals surface area contributed by atoms with E-state index in [1.165, 1.54) is 0 Å². The standard InChI is InChI=1S/C16H27N7/c1-6-12(4)14-13(5)20-16(22-11-9-10-19-22)21-15(14)23(17-7-2)18-8-3/h9-12,17-18H,6-8H2,1-5H3. The van der Waals surface area contributed by atoms with E-state index in [4.69, 9.17) is 4.98 Å². The summed E-state index contributed by atoms with van der Waals surface area (Å²) < 4.78 is 1.69. The van der Waals surface area contributed by atoms with Crippen LogP contribution in [0.5, 0.6) is 0 Å². The summed E-state index contributed by atoms with van der Waals surface area (Å²) >= 11 is 0. The van der Waals surface area contributed by atoms with Crippen LogP contribution in [0.4, 0.5) is 5.82 Å². The molecule has 0 aliphatic heterocycles. The fourth-order valence-corrected chi connectivity index (χ4v) is 2.52. The van der Waals surface area contributed by atoms with Gasteiger partial charge in [-0.25, -0.2) is 25.6 Å². The lowest BCUT2D eigenvalue weighted by Gasteiger charge is -2.28. The van der Waals surface area contributed by atoms with Crippen LogP contribution in [0.3, 0.4) is 0 Å². The number of nitrogens with one attached hydrogen (secondary N) is 2. The lowest BCUT2D eigenvalue weighted by Crippen LogP contribution is -2.49. The largest absolute Gasteiger partial charge is 0.252 e. The summed E-state index contributed by atoms with van der Waals surface area (Å²) in [6.45, 7) is 12.2. The van der Waals surface area contributed by atoms with Gasteiger partial charge in [-0.1, -0.05) is 27.7 Å². The number of hydrazine groups is 2. The van der Waals surface area contributed by atoms with Crippen LogP contribution in [0.2, 0.25) is 0 Å². The van der Waals surface area contributed by atoms with E-state index in [0.29, 0.717) is 11.9 Å².